The third-order valence-corrected chi connectivity index (χ3v) is 2.86. The van der Waals surface area contributed by atoms with Gasteiger partial charge in [0.1, 0.15) is 0 Å². The molecule has 0 amide bonds. The van der Waals surface area contributed by atoms with E-state index in [0.29, 0.717) is 12.3 Å². The molecule has 1 fully saturated rings. The van der Waals surface area contributed by atoms with E-state index in [1.54, 1.807) is 0 Å². The summed E-state index contributed by atoms with van der Waals surface area (Å²) in [7, 11) is 0. The zero-order chi connectivity index (χ0) is 10.4. The number of carboxylic acid groups (broad SMARTS) is 1. The van der Waals surface area contributed by atoms with Crippen LogP contribution in [0.4, 0.5) is 0 Å². The van der Waals surface area contributed by atoms with Crippen molar-refractivity contribution in [1.82, 2.24) is 4.90 Å². The van der Waals surface area contributed by atoms with Crippen LogP contribution < -0.4 is 0 Å². The summed E-state index contributed by atoms with van der Waals surface area (Å²) < 4.78 is 0. The Kier molecular flexibility index (Phi) is 4.66. The van der Waals surface area contributed by atoms with Gasteiger partial charge in [0, 0.05) is 13.0 Å². The lowest BCUT2D eigenvalue weighted by Gasteiger charge is -2.30. The van der Waals surface area contributed by atoms with Crippen molar-refractivity contribution in [1.29, 1.82) is 0 Å². The number of nitrogens with zero attached hydrogens (tertiary/aromatic N) is 1. The average molecular weight is 197 g/mol. The summed E-state index contributed by atoms with van der Waals surface area (Å²) in [6.45, 7) is 6.87. The van der Waals surface area contributed by atoms with Gasteiger partial charge in [-0.15, -0.1) is 6.58 Å². The molecule has 1 rings (SSSR count). The summed E-state index contributed by atoms with van der Waals surface area (Å²) >= 11 is 0. The molecule has 0 atom stereocenters. The molecule has 1 N–H and O–H groups in total. The van der Waals surface area contributed by atoms with E-state index in [1.165, 1.54) is 0 Å². The standard InChI is InChI=1S/C11H19NO2/c1-2-7-12-8-5-10(6-9-12)3-4-11(13)14/h2,10H,1,3-9H2,(H,13,14). The molecule has 80 valence electrons. The van der Waals surface area contributed by atoms with Crippen LogP contribution in [0.15, 0.2) is 12.7 Å². The quantitative estimate of drug-likeness (QED) is 0.683. The number of aliphatic carboxylic acids is 1. The second-order valence-electron chi connectivity index (χ2n) is 3.97. The van der Waals surface area contributed by atoms with E-state index < -0.39 is 5.97 Å². The number of rotatable bonds is 5. The monoisotopic (exact) mass is 197 g/mol. The lowest BCUT2D eigenvalue weighted by Crippen LogP contribution is -2.33. The van der Waals surface area contributed by atoms with Gasteiger partial charge in [-0.2, -0.15) is 0 Å². The van der Waals surface area contributed by atoms with Gasteiger partial charge in [-0.1, -0.05) is 6.08 Å². The van der Waals surface area contributed by atoms with E-state index in [-0.39, 0.29) is 0 Å². The van der Waals surface area contributed by atoms with Crippen LogP contribution in [0, 0.1) is 5.92 Å². The SMILES string of the molecule is C=CCN1CCC(CCC(=O)O)CC1. The van der Waals surface area contributed by atoms with Crippen LogP contribution in [0.2, 0.25) is 0 Å². The Morgan fingerprint density at radius 2 is 2.14 bits per heavy atom. The predicted molar refractivity (Wildman–Crippen MR) is 56.2 cm³/mol. The maximum Gasteiger partial charge on any atom is 0.303 e. The van der Waals surface area contributed by atoms with Crippen molar-refractivity contribution >= 4 is 5.97 Å². The molecule has 1 heterocycles. The van der Waals surface area contributed by atoms with Crippen LogP contribution in [0.1, 0.15) is 25.7 Å². The van der Waals surface area contributed by atoms with Crippen LogP contribution in [0.3, 0.4) is 0 Å². The van der Waals surface area contributed by atoms with E-state index in [2.05, 4.69) is 11.5 Å². The number of carbonyl (C=O) groups is 1. The Labute approximate surface area is 85.4 Å². The molecule has 0 aliphatic carbocycles. The molecule has 0 unspecified atom stereocenters. The Bertz CT molecular complexity index is 195. The highest BCUT2D eigenvalue weighted by atomic mass is 16.4. The van der Waals surface area contributed by atoms with Crippen molar-refractivity contribution in [3.63, 3.8) is 0 Å². The maximum absolute atomic E-state index is 10.4. The third-order valence-electron chi connectivity index (χ3n) is 2.86. The Balaban J connectivity index is 2.15. The zero-order valence-electron chi connectivity index (χ0n) is 8.61. The first kappa shape index (κ1) is 11.2. The number of likely N-dealkylation sites (tertiary alicyclic amines) is 1. The molecule has 0 aromatic heterocycles. The van der Waals surface area contributed by atoms with Crippen molar-refractivity contribution in [2.75, 3.05) is 19.6 Å². The molecule has 0 spiro atoms. The van der Waals surface area contributed by atoms with E-state index in [9.17, 15) is 4.79 Å². The molecule has 1 aliphatic heterocycles. The van der Waals surface area contributed by atoms with Gasteiger partial charge in [0.2, 0.25) is 0 Å². The van der Waals surface area contributed by atoms with Crippen molar-refractivity contribution in [2.45, 2.75) is 25.7 Å². The molecule has 14 heavy (non-hydrogen) atoms. The molecule has 3 nitrogen and oxygen atoms in total. The third kappa shape index (κ3) is 3.92. The lowest BCUT2D eigenvalue weighted by molar-refractivity contribution is -0.137. The largest absolute Gasteiger partial charge is 0.481 e. The fourth-order valence-electron chi connectivity index (χ4n) is 1.97. The fourth-order valence-corrected chi connectivity index (χ4v) is 1.97. The summed E-state index contributed by atoms with van der Waals surface area (Å²) in [5.41, 5.74) is 0. The van der Waals surface area contributed by atoms with Crippen LogP contribution >= 0.6 is 0 Å². The summed E-state index contributed by atoms with van der Waals surface area (Å²) in [6.07, 6.45) is 5.38. The van der Waals surface area contributed by atoms with Crippen molar-refractivity contribution in [3.8, 4) is 0 Å². The summed E-state index contributed by atoms with van der Waals surface area (Å²) in [5.74, 6) is -0.0503. The summed E-state index contributed by atoms with van der Waals surface area (Å²) in [6, 6.07) is 0. The average Bonchev–Trinajstić information content (AvgIpc) is 2.17. The number of piperidine rings is 1. The van der Waals surface area contributed by atoms with Gasteiger partial charge in [0.15, 0.2) is 0 Å². The number of hydrogen-bond acceptors (Lipinski definition) is 2. The predicted octanol–water partition coefficient (Wildman–Crippen LogP) is 1.75. The van der Waals surface area contributed by atoms with Gasteiger partial charge in [-0.3, -0.25) is 9.69 Å². The number of carboxylic acids is 1. The van der Waals surface area contributed by atoms with E-state index in [1.807, 2.05) is 6.08 Å². The molecular weight excluding hydrogens is 178 g/mol. The highest BCUT2D eigenvalue weighted by molar-refractivity contribution is 5.66. The minimum atomic E-state index is -0.668. The normalized spacial score (nSPS) is 19.4. The van der Waals surface area contributed by atoms with Crippen LogP contribution in [-0.4, -0.2) is 35.6 Å². The smallest absolute Gasteiger partial charge is 0.303 e. The highest BCUT2D eigenvalue weighted by Crippen LogP contribution is 2.21. The first-order valence-electron chi connectivity index (χ1n) is 5.27. The molecule has 1 saturated heterocycles. The minimum Gasteiger partial charge on any atom is -0.481 e. The summed E-state index contributed by atoms with van der Waals surface area (Å²) in [4.78, 5) is 12.8. The second kappa shape index (κ2) is 5.81. The second-order valence-corrected chi connectivity index (χ2v) is 3.97. The lowest BCUT2D eigenvalue weighted by atomic mass is 9.92. The molecule has 3 heteroatoms. The van der Waals surface area contributed by atoms with Gasteiger partial charge < -0.3 is 5.11 Å². The van der Waals surface area contributed by atoms with Crippen molar-refractivity contribution in [2.24, 2.45) is 5.92 Å². The van der Waals surface area contributed by atoms with E-state index in [4.69, 9.17) is 5.11 Å². The van der Waals surface area contributed by atoms with Gasteiger partial charge in [0.25, 0.3) is 0 Å². The molecule has 1 aliphatic rings. The van der Waals surface area contributed by atoms with Crippen molar-refractivity contribution < 1.29 is 9.90 Å². The van der Waals surface area contributed by atoms with Gasteiger partial charge in [0.05, 0.1) is 0 Å². The van der Waals surface area contributed by atoms with Crippen molar-refractivity contribution in [3.05, 3.63) is 12.7 Å². The minimum absolute atomic E-state index is 0.326. The molecule has 0 saturated carbocycles. The molecular formula is C11H19NO2. The Hall–Kier alpha value is -0.830. The fraction of sp³-hybridized carbons (Fsp3) is 0.727. The van der Waals surface area contributed by atoms with Gasteiger partial charge in [-0.05, 0) is 38.3 Å². The van der Waals surface area contributed by atoms with Gasteiger partial charge >= 0.3 is 5.97 Å². The van der Waals surface area contributed by atoms with E-state index >= 15 is 0 Å². The number of hydrogen-bond donors (Lipinski definition) is 1. The highest BCUT2D eigenvalue weighted by Gasteiger charge is 2.18. The van der Waals surface area contributed by atoms with Crippen LogP contribution in [-0.2, 0) is 4.79 Å². The Morgan fingerprint density at radius 1 is 1.50 bits per heavy atom. The molecule has 0 bridgehead atoms. The van der Waals surface area contributed by atoms with Gasteiger partial charge in [-0.25, -0.2) is 0 Å². The van der Waals surface area contributed by atoms with E-state index in [0.717, 1.165) is 38.9 Å². The first-order valence-corrected chi connectivity index (χ1v) is 5.27. The first-order chi connectivity index (χ1) is 6.72. The Morgan fingerprint density at radius 3 is 2.64 bits per heavy atom. The zero-order valence-corrected chi connectivity index (χ0v) is 8.61. The van der Waals surface area contributed by atoms with Crippen LogP contribution in [0.25, 0.3) is 0 Å². The summed E-state index contributed by atoms with van der Waals surface area (Å²) in [5, 5.41) is 8.56. The maximum atomic E-state index is 10.4. The molecule has 0 aromatic rings. The molecule has 0 radical (unpaired) electrons. The van der Waals surface area contributed by atoms with Crippen LogP contribution in [0.5, 0.6) is 0 Å². The molecule has 0 aromatic carbocycles. The topological polar surface area (TPSA) is 40.5 Å².